The SMILES string of the molecule is Cc1cc(F)ccc1OCc1ccc(F)cc1N. The quantitative estimate of drug-likeness (QED) is 0.846. The third kappa shape index (κ3) is 2.77. The van der Waals surface area contributed by atoms with E-state index in [2.05, 4.69) is 0 Å². The Hall–Kier alpha value is -2.10. The highest BCUT2D eigenvalue weighted by molar-refractivity contribution is 5.46. The van der Waals surface area contributed by atoms with Gasteiger partial charge in [0.05, 0.1) is 0 Å². The minimum atomic E-state index is -0.380. The Morgan fingerprint density at radius 1 is 1.06 bits per heavy atom. The van der Waals surface area contributed by atoms with E-state index in [0.717, 1.165) is 0 Å². The average molecular weight is 249 g/mol. The zero-order valence-corrected chi connectivity index (χ0v) is 9.91. The number of anilines is 1. The van der Waals surface area contributed by atoms with Gasteiger partial charge in [-0.15, -0.1) is 0 Å². The number of nitrogen functional groups attached to an aromatic ring is 1. The van der Waals surface area contributed by atoms with Crippen molar-refractivity contribution in [2.24, 2.45) is 0 Å². The summed E-state index contributed by atoms with van der Waals surface area (Å²) in [4.78, 5) is 0. The van der Waals surface area contributed by atoms with E-state index in [4.69, 9.17) is 10.5 Å². The minimum Gasteiger partial charge on any atom is -0.489 e. The Balaban J connectivity index is 2.11. The maximum absolute atomic E-state index is 12.9. The van der Waals surface area contributed by atoms with Crippen LogP contribution >= 0.6 is 0 Å². The van der Waals surface area contributed by atoms with Gasteiger partial charge in [0.15, 0.2) is 0 Å². The van der Waals surface area contributed by atoms with Crippen molar-refractivity contribution in [3.05, 3.63) is 59.2 Å². The number of benzene rings is 2. The molecule has 0 saturated heterocycles. The molecule has 0 unspecified atom stereocenters. The molecule has 0 saturated carbocycles. The predicted octanol–water partition coefficient (Wildman–Crippen LogP) is 3.43. The van der Waals surface area contributed by atoms with Crippen LogP contribution in [0.3, 0.4) is 0 Å². The van der Waals surface area contributed by atoms with Crippen LogP contribution in [0.5, 0.6) is 5.75 Å². The fourth-order valence-corrected chi connectivity index (χ4v) is 1.63. The van der Waals surface area contributed by atoms with Crippen molar-refractivity contribution in [2.75, 3.05) is 5.73 Å². The van der Waals surface area contributed by atoms with Crippen LogP contribution in [0.2, 0.25) is 0 Å². The summed E-state index contributed by atoms with van der Waals surface area (Å²) >= 11 is 0. The van der Waals surface area contributed by atoms with Crippen LogP contribution in [-0.2, 0) is 6.61 Å². The molecule has 2 aromatic rings. The number of rotatable bonds is 3. The first kappa shape index (κ1) is 12.4. The smallest absolute Gasteiger partial charge is 0.125 e. The molecule has 18 heavy (non-hydrogen) atoms. The van der Waals surface area contributed by atoms with Crippen molar-refractivity contribution in [1.29, 1.82) is 0 Å². The Bertz CT molecular complexity index is 518. The molecule has 2 rings (SSSR count). The van der Waals surface area contributed by atoms with E-state index >= 15 is 0 Å². The molecule has 0 aliphatic rings. The summed E-state index contributed by atoms with van der Waals surface area (Å²) in [7, 11) is 0. The zero-order valence-electron chi connectivity index (χ0n) is 9.91. The van der Waals surface area contributed by atoms with Crippen LogP contribution in [0.1, 0.15) is 11.1 Å². The molecule has 2 aromatic carbocycles. The summed E-state index contributed by atoms with van der Waals surface area (Å²) in [6.07, 6.45) is 0. The van der Waals surface area contributed by atoms with Gasteiger partial charge in [0.25, 0.3) is 0 Å². The van der Waals surface area contributed by atoms with Crippen LogP contribution in [0.25, 0.3) is 0 Å². The standard InChI is InChI=1S/C14H13F2NO/c1-9-6-11(15)4-5-14(9)18-8-10-2-3-12(16)7-13(10)17/h2-7H,8,17H2,1H3. The van der Waals surface area contributed by atoms with Gasteiger partial charge in [-0.05, 0) is 42.8 Å². The molecule has 0 aliphatic heterocycles. The monoisotopic (exact) mass is 249 g/mol. The first-order valence-electron chi connectivity index (χ1n) is 5.49. The summed E-state index contributed by atoms with van der Waals surface area (Å²) in [5, 5.41) is 0. The summed E-state index contributed by atoms with van der Waals surface area (Å²) < 4.78 is 31.3. The second-order valence-electron chi connectivity index (χ2n) is 4.04. The van der Waals surface area contributed by atoms with Gasteiger partial charge in [-0.1, -0.05) is 6.07 Å². The molecular formula is C14H13F2NO. The second-order valence-corrected chi connectivity index (χ2v) is 4.04. The van der Waals surface area contributed by atoms with Crippen molar-refractivity contribution < 1.29 is 13.5 Å². The Morgan fingerprint density at radius 3 is 2.39 bits per heavy atom. The number of nitrogens with two attached hydrogens (primary N) is 1. The molecule has 2 nitrogen and oxygen atoms in total. The van der Waals surface area contributed by atoms with E-state index in [1.807, 2.05) is 0 Å². The van der Waals surface area contributed by atoms with Crippen molar-refractivity contribution in [2.45, 2.75) is 13.5 Å². The van der Waals surface area contributed by atoms with E-state index in [1.165, 1.54) is 24.3 Å². The first-order chi connectivity index (χ1) is 8.56. The number of hydrogen-bond donors (Lipinski definition) is 1. The topological polar surface area (TPSA) is 35.2 Å². The van der Waals surface area contributed by atoms with Crippen LogP contribution in [0, 0.1) is 18.6 Å². The van der Waals surface area contributed by atoms with Crippen molar-refractivity contribution >= 4 is 5.69 Å². The van der Waals surface area contributed by atoms with Gasteiger partial charge in [-0.2, -0.15) is 0 Å². The average Bonchev–Trinajstić information content (AvgIpc) is 2.30. The summed E-state index contributed by atoms with van der Waals surface area (Å²) in [6, 6.07) is 8.43. The molecule has 0 fully saturated rings. The van der Waals surface area contributed by atoms with Gasteiger partial charge in [0, 0.05) is 11.3 Å². The fraction of sp³-hybridized carbons (Fsp3) is 0.143. The Labute approximate surface area is 104 Å². The lowest BCUT2D eigenvalue weighted by Crippen LogP contribution is -2.01. The summed E-state index contributed by atoms with van der Waals surface area (Å²) in [6.45, 7) is 1.98. The number of ether oxygens (including phenoxy) is 1. The molecule has 2 N–H and O–H groups in total. The van der Waals surface area contributed by atoms with Gasteiger partial charge >= 0.3 is 0 Å². The predicted molar refractivity (Wildman–Crippen MR) is 66.3 cm³/mol. The van der Waals surface area contributed by atoms with Crippen LogP contribution in [-0.4, -0.2) is 0 Å². The maximum Gasteiger partial charge on any atom is 0.125 e. The van der Waals surface area contributed by atoms with E-state index in [-0.39, 0.29) is 18.2 Å². The highest BCUT2D eigenvalue weighted by atomic mass is 19.1. The largest absolute Gasteiger partial charge is 0.489 e. The molecule has 0 amide bonds. The third-order valence-electron chi connectivity index (χ3n) is 2.63. The summed E-state index contributed by atoms with van der Waals surface area (Å²) in [5.41, 5.74) is 7.41. The lowest BCUT2D eigenvalue weighted by atomic mass is 10.2. The molecule has 0 aliphatic carbocycles. The number of aryl methyl sites for hydroxylation is 1. The highest BCUT2D eigenvalue weighted by Gasteiger charge is 2.04. The maximum atomic E-state index is 12.9. The molecule has 94 valence electrons. The second kappa shape index (κ2) is 5.04. The number of halogens is 2. The van der Waals surface area contributed by atoms with Crippen LogP contribution in [0.4, 0.5) is 14.5 Å². The summed E-state index contributed by atoms with van der Waals surface area (Å²) in [5.74, 6) is -0.101. The lowest BCUT2D eigenvalue weighted by molar-refractivity contribution is 0.304. The Morgan fingerprint density at radius 2 is 1.72 bits per heavy atom. The van der Waals surface area contributed by atoms with Crippen molar-refractivity contribution in [1.82, 2.24) is 0 Å². The molecule has 0 heterocycles. The van der Waals surface area contributed by atoms with Gasteiger partial charge in [-0.25, -0.2) is 8.78 Å². The molecule has 0 atom stereocenters. The molecule has 0 radical (unpaired) electrons. The van der Waals surface area contributed by atoms with E-state index in [9.17, 15) is 8.78 Å². The first-order valence-corrected chi connectivity index (χ1v) is 5.49. The van der Waals surface area contributed by atoms with E-state index in [1.54, 1.807) is 19.1 Å². The van der Waals surface area contributed by atoms with Gasteiger partial charge < -0.3 is 10.5 Å². The van der Waals surface area contributed by atoms with Crippen molar-refractivity contribution in [3.63, 3.8) is 0 Å². The van der Waals surface area contributed by atoms with Gasteiger partial charge in [0.2, 0.25) is 0 Å². The normalized spacial score (nSPS) is 10.4. The van der Waals surface area contributed by atoms with Crippen LogP contribution in [0.15, 0.2) is 36.4 Å². The molecule has 4 heteroatoms. The molecule has 0 spiro atoms. The van der Waals surface area contributed by atoms with Crippen molar-refractivity contribution in [3.8, 4) is 5.75 Å². The Kier molecular flexibility index (Phi) is 3.46. The molecule has 0 aromatic heterocycles. The van der Waals surface area contributed by atoms with Gasteiger partial charge in [-0.3, -0.25) is 0 Å². The number of hydrogen-bond acceptors (Lipinski definition) is 2. The van der Waals surface area contributed by atoms with Crippen LogP contribution < -0.4 is 10.5 Å². The highest BCUT2D eigenvalue weighted by Crippen LogP contribution is 2.21. The zero-order chi connectivity index (χ0) is 13.1. The molecule has 0 bridgehead atoms. The fourth-order valence-electron chi connectivity index (χ4n) is 1.63. The third-order valence-corrected chi connectivity index (χ3v) is 2.63. The van der Waals surface area contributed by atoms with E-state index in [0.29, 0.717) is 22.6 Å². The molecular weight excluding hydrogens is 236 g/mol. The van der Waals surface area contributed by atoms with E-state index < -0.39 is 0 Å². The minimum absolute atomic E-state index is 0.221. The lowest BCUT2D eigenvalue weighted by Gasteiger charge is -2.10. The van der Waals surface area contributed by atoms with Gasteiger partial charge in [0.1, 0.15) is 24.0 Å².